The van der Waals surface area contributed by atoms with Gasteiger partial charge in [0, 0.05) is 13.2 Å². The van der Waals surface area contributed by atoms with E-state index in [1.807, 2.05) is 20.0 Å². The fourth-order valence-electron chi connectivity index (χ4n) is 1.79. The standard InChI is InChI=1S/C11H14ClN5/c1-3-13-10(8-4-5-14-15-6-8)11-9(12)7-16-17(11)2/h4-7,10,13H,3H2,1-2H3. The maximum absolute atomic E-state index is 6.17. The summed E-state index contributed by atoms with van der Waals surface area (Å²) < 4.78 is 1.77. The van der Waals surface area contributed by atoms with Gasteiger partial charge in [0.1, 0.15) is 0 Å². The second kappa shape index (κ2) is 5.25. The fraction of sp³-hybridized carbons (Fsp3) is 0.364. The summed E-state index contributed by atoms with van der Waals surface area (Å²) in [4.78, 5) is 0. The van der Waals surface area contributed by atoms with Gasteiger partial charge in [-0.2, -0.15) is 15.3 Å². The minimum atomic E-state index is -0.0181. The number of rotatable bonds is 4. The van der Waals surface area contributed by atoms with Gasteiger partial charge in [0.05, 0.1) is 29.2 Å². The highest BCUT2D eigenvalue weighted by Gasteiger charge is 2.20. The van der Waals surface area contributed by atoms with Crippen LogP contribution in [-0.4, -0.2) is 26.5 Å². The molecule has 0 saturated carbocycles. The molecule has 2 aromatic rings. The Hall–Kier alpha value is -1.46. The molecule has 17 heavy (non-hydrogen) atoms. The lowest BCUT2D eigenvalue weighted by atomic mass is 10.1. The predicted molar refractivity (Wildman–Crippen MR) is 65.8 cm³/mol. The van der Waals surface area contributed by atoms with Gasteiger partial charge in [-0.3, -0.25) is 4.68 Å². The molecule has 1 N–H and O–H groups in total. The van der Waals surface area contributed by atoms with Gasteiger partial charge in [-0.05, 0) is 18.2 Å². The third kappa shape index (κ3) is 2.45. The Morgan fingerprint density at radius 3 is 2.76 bits per heavy atom. The van der Waals surface area contributed by atoms with E-state index < -0.39 is 0 Å². The van der Waals surface area contributed by atoms with Gasteiger partial charge in [-0.1, -0.05) is 18.5 Å². The molecule has 2 aromatic heterocycles. The minimum Gasteiger partial charge on any atom is -0.305 e. The van der Waals surface area contributed by atoms with Crippen LogP contribution >= 0.6 is 11.6 Å². The number of nitrogens with one attached hydrogen (secondary N) is 1. The second-order valence-electron chi connectivity index (χ2n) is 3.67. The molecule has 2 heterocycles. The molecule has 90 valence electrons. The highest BCUT2D eigenvalue weighted by molar-refractivity contribution is 6.31. The molecule has 6 heteroatoms. The SMILES string of the molecule is CCNC(c1ccnnc1)c1c(Cl)cnn1C. The first kappa shape index (κ1) is 12.0. The van der Waals surface area contributed by atoms with E-state index in [4.69, 9.17) is 11.6 Å². The molecule has 0 aliphatic rings. The lowest BCUT2D eigenvalue weighted by molar-refractivity contribution is 0.570. The Morgan fingerprint density at radius 1 is 1.41 bits per heavy atom. The van der Waals surface area contributed by atoms with Crippen LogP contribution in [0.2, 0.25) is 5.02 Å². The van der Waals surface area contributed by atoms with E-state index in [9.17, 15) is 0 Å². The van der Waals surface area contributed by atoms with Crippen molar-refractivity contribution in [3.8, 4) is 0 Å². The summed E-state index contributed by atoms with van der Waals surface area (Å²) in [5, 5.41) is 15.8. The topological polar surface area (TPSA) is 55.6 Å². The van der Waals surface area contributed by atoms with E-state index in [1.54, 1.807) is 23.3 Å². The highest BCUT2D eigenvalue weighted by atomic mass is 35.5. The predicted octanol–water partition coefficient (Wildman–Crippen LogP) is 1.56. The Bertz CT molecular complexity index is 462. The Labute approximate surface area is 105 Å². The Kier molecular flexibility index (Phi) is 3.71. The fourth-order valence-corrected chi connectivity index (χ4v) is 2.07. The quantitative estimate of drug-likeness (QED) is 0.896. The lowest BCUT2D eigenvalue weighted by Gasteiger charge is -2.18. The second-order valence-corrected chi connectivity index (χ2v) is 4.08. The van der Waals surface area contributed by atoms with E-state index >= 15 is 0 Å². The van der Waals surface area contributed by atoms with Gasteiger partial charge < -0.3 is 5.32 Å². The third-order valence-electron chi connectivity index (χ3n) is 2.56. The largest absolute Gasteiger partial charge is 0.305 e. The monoisotopic (exact) mass is 251 g/mol. The van der Waals surface area contributed by atoms with Crippen molar-refractivity contribution in [2.45, 2.75) is 13.0 Å². The average Bonchev–Trinajstić information content (AvgIpc) is 2.68. The molecule has 0 saturated heterocycles. The first-order chi connectivity index (χ1) is 8.24. The van der Waals surface area contributed by atoms with Gasteiger partial charge in [0.15, 0.2) is 0 Å². The lowest BCUT2D eigenvalue weighted by Crippen LogP contribution is -2.24. The molecule has 1 unspecified atom stereocenters. The summed E-state index contributed by atoms with van der Waals surface area (Å²) in [7, 11) is 1.88. The zero-order chi connectivity index (χ0) is 12.3. The van der Waals surface area contributed by atoms with Gasteiger partial charge >= 0.3 is 0 Å². The Morgan fingerprint density at radius 2 is 2.24 bits per heavy atom. The highest BCUT2D eigenvalue weighted by Crippen LogP contribution is 2.26. The van der Waals surface area contributed by atoms with Crippen LogP contribution in [0.25, 0.3) is 0 Å². The van der Waals surface area contributed by atoms with Crippen LogP contribution in [0.5, 0.6) is 0 Å². The minimum absolute atomic E-state index is 0.0181. The molecule has 0 amide bonds. The molecular formula is C11H14ClN5. The number of nitrogens with zero attached hydrogens (tertiary/aromatic N) is 4. The molecule has 0 aliphatic heterocycles. The molecule has 1 atom stereocenters. The third-order valence-corrected chi connectivity index (χ3v) is 2.85. The molecule has 5 nitrogen and oxygen atoms in total. The number of aromatic nitrogens is 4. The zero-order valence-electron chi connectivity index (χ0n) is 9.76. The van der Waals surface area contributed by atoms with Crippen molar-refractivity contribution < 1.29 is 0 Å². The zero-order valence-corrected chi connectivity index (χ0v) is 10.5. The van der Waals surface area contributed by atoms with E-state index in [1.165, 1.54) is 0 Å². The summed E-state index contributed by atoms with van der Waals surface area (Å²) >= 11 is 6.17. The summed E-state index contributed by atoms with van der Waals surface area (Å²) in [5.41, 5.74) is 1.95. The summed E-state index contributed by atoms with van der Waals surface area (Å²) in [5.74, 6) is 0. The van der Waals surface area contributed by atoms with Crippen LogP contribution in [-0.2, 0) is 7.05 Å². The van der Waals surface area contributed by atoms with Crippen molar-refractivity contribution >= 4 is 11.6 Å². The number of aryl methyl sites for hydroxylation is 1. The van der Waals surface area contributed by atoms with Crippen molar-refractivity contribution in [1.29, 1.82) is 0 Å². The molecule has 0 spiro atoms. The van der Waals surface area contributed by atoms with Crippen LogP contribution < -0.4 is 5.32 Å². The van der Waals surface area contributed by atoms with E-state index in [0.717, 1.165) is 17.8 Å². The van der Waals surface area contributed by atoms with Gasteiger partial charge in [0.2, 0.25) is 0 Å². The Balaban J connectivity index is 2.43. The molecule has 0 fully saturated rings. The molecule has 0 radical (unpaired) electrons. The van der Waals surface area contributed by atoms with Crippen LogP contribution in [0.4, 0.5) is 0 Å². The first-order valence-corrected chi connectivity index (χ1v) is 5.79. The van der Waals surface area contributed by atoms with E-state index in [0.29, 0.717) is 5.02 Å². The molecule has 0 bridgehead atoms. The van der Waals surface area contributed by atoms with E-state index in [-0.39, 0.29) is 6.04 Å². The normalized spacial score (nSPS) is 12.6. The summed E-state index contributed by atoms with van der Waals surface area (Å²) in [6.07, 6.45) is 5.05. The first-order valence-electron chi connectivity index (χ1n) is 5.41. The van der Waals surface area contributed by atoms with Crippen molar-refractivity contribution in [3.63, 3.8) is 0 Å². The van der Waals surface area contributed by atoms with Crippen molar-refractivity contribution in [1.82, 2.24) is 25.3 Å². The number of hydrogen-bond donors (Lipinski definition) is 1. The van der Waals surface area contributed by atoms with Crippen molar-refractivity contribution in [2.24, 2.45) is 7.05 Å². The van der Waals surface area contributed by atoms with Crippen LogP contribution in [0.1, 0.15) is 24.2 Å². The van der Waals surface area contributed by atoms with Crippen molar-refractivity contribution in [3.05, 3.63) is 40.9 Å². The number of halogens is 1. The molecule has 2 rings (SSSR count). The maximum Gasteiger partial charge on any atom is 0.0837 e. The van der Waals surface area contributed by atoms with Gasteiger partial charge in [-0.25, -0.2) is 0 Å². The maximum atomic E-state index is 6.17. The van der Waals surface area contributed by atoms with Crippen LogP contribution in [0.3, 0.4) is 0 Å². The van der Waals surface area contributed by atoms with Crippen LogP contribution in [0.15, 0.2) is 24.7 Å². The smallest absolute Gasteiger partial charge is 0.0837 e. The summed E-state index contributed by atoms with van der Waals surface area (Å²) in [6, 6.07) is 1.90. The average molecular weight is 252 g/mol. The molecule has 0 aromatic carbocycles. The van der Waals surface area contributed by atoms with Gasteiger partial charge in [0.25, 0.3) is 0 Å². The van der Waals surface area contributed by atoms with Crippen LogP contribution in [0, 0.1) is 0 Å². The number of hydrogen-bond acceptors (Lipinski definition) is 4. The van der Waals surface area contributed by atoms with Gasteiger partial charge in [-0.15, -0.1) is 0 Å². The van der Waals surface area contributed by atoms with E-state index in [2.05, 4.69) is 20.6 Å². The molecular weight excluding hydrogens is 238 g/mol. The summed E-state index contributed by atoms with van der Waals surface area (Å²) in [6.45, 7) is 2.88. The molecule has 0 aliphatic carbocycles. The van der Waals surface area contributed by atoms with Crippen molar-refractivity contribution in [2.75, 3.05) is 6.54 Å².